The Morgan fingerprint density at radius 3 is 2.59 bits per heavy atom. The standard InChI is InChI=1S/C11H11F2NO3/c1-6(17-7(2)15)11(16)14-10-5-8(12)3-4-9(10)13/h3-6H,1-2H3,(H,14,16)/t6-/m1/s1. The van der Waals surface area contributed by atoms with Crippen LogP contribution in [0.15, 0.2) is 18.2 Å². The fourth-order valence-corrected chi connectivity index (χ4v) is 1.13. The summed E-state index contributed by atoms with van der Waals surface area (Å²) < 4.78 is 30.6. The summed E-state index contributed by atoms with van der Waals surface area (Å²) in [5.41, 5.74) is -0.297. The van der Waals surface area contributed by atoms with E-state index in [0.29, 0.717) is 0 Å². The van der Waals surface area contributed by atoms with Crippen molar-refractivity contribution < 1.29 is 23.1 Å². The van der Waals surface area contributed by atoms with Crippen molar-refractivity contribution in [2.75, 3.05) is 5.32 Å². The number of nitrogens with one attached hydrogen (secondary N) is 1. The molecule has 4 nitrogen and oxygen atoms in total. The molecule has 0 bridgehead atoms. The van der Waals surface area contributed by atoms with Gasteiger partial charge in [-0.1, -0.05) is 0 Å². The van der Waals surface area contributed by atoms with Crippen LogP contribution in [-0.2, 0) is 14.3 Å². The van der Waals surface area contributed by atoms with Crippen LogP contribution < -0.4 is 5.32 Å². The zero-order valence-corrected chi connectivity index (χ0v) is 9.29. The van der Waals surface area contributed by atoms with E-state index in [4.69, 9.17) is 0 Å². The smallest absolute Gasteiger partial charge is 0.303 e. The number of halogens is 2. The van der Waals surface area contributed by atoms with Crippen LogP contribution in [0.1, 0.15) is 13.8 Å². The van der Waals surface area contributed by atoms with Crippen LogP contribution in [0.3, 0.4) is 0 Å². The second-order valence-corrected chi connectivity index (χ2v) is 3.37. The summed E-state index contributed by atoms with van der Waals surface area (Å²) in [7, 11) is 0. The molecule has 0 aromatic heterocycles. The quantitative estimate of drug-likeness (QED) is 0.824. The lowest BCUT2D eigenvalue weighted by Crippen LogP contribution is -2.29. The number of rotatable bonds is 3. The molecule has 0 fully saturated rings. The van der Waals surface area contributed by atoms with Gasteiger partial charge in [-0.25, -0.2) is 8.78 Å². The van der Waals surface area contributed by atoms with Crippen molar-refractivity contribution in [3.8, 4) is 0 Å². The highest BCUT2D eigenvalue weighted by molar-refractivity contribution is 5.95. The summed E-state index contributed by atoms with van der Waals surface area (Å²) >= 11 is 0. The summed E-state index contributed by atoms with van der Waals surface area (Å²) in [5.74, 6) is -2.81. The topological polar surface area (TPSA) is 55.4 Å². The first kappa shape index (κ1) is 13.1. The monoisotopic (exact) mass is 243 g/mol. The van der Waals surface area contributed by atoms with Gasteiger partial charge in [0.15, 0.2) is 6.10 Å². The van der Waals surface area contributed by atoms with Crippen molar-refractivity contribution in [2.45, 2.75) is 20.0 Å². The number of hydrogen-bond acceptors (Lipinski definition) is 3. The van der Waals surface area contributed by atoms with Gasteiger partial charge >= 0.3 is 5.97 Å². The summed E-state index contributed by atoms with van der Waals surface area (Å²) in [6.45, 7) is 2.47. The third-order valence-corrected chi connectivity index (χ3v) is 1.90. The van der Waals surface area contributed by atoms with Crippen LogP contribution in [0.5, 0.6) is 0 Å². The molecule has 6 heteroatoms. The van der Waals surface area contributed by atoms with Crippen LogP contribution in [0.25, 0.3) is 0 Å². The average Bonchev–Trinajstić information content (AvgIpc) is 2.22. The third kappa shape index (κ3) is 3.82. The highest BCUT2D eigenvalue weighted by atomic mass is 19.1. The Morgan fingerprint density at radius 2 is 2.00 bits per heavy atom. The van der Waals surface area contributed by atoms with Crippen LogP contribution in [-0.4, -0.2) is 18.0 Å². The van der Waals surface area contributed by atoms with Crippen molar-refractivity contribution in [1.82, 2.24) is 0 Å². The van der Waals surface area contributed by atoms with Gasteiger partial charge in [-0.05, 0) is 19.1 Å². The molecular formula is C11H11F2NO3. The molecule has 0 aliphatic carbocycles. The van der Waals surface area contributed by atoms with E-state index >= 15 is 0 Å². The molecule has 17 heavy (non-hydrogen) atoms. The fraction of sp³-hybridized carbons (Fsp3) is 0.273. The van der Waals surface area contributed by atoms with E-state index in [2.05, 4.69) is 10.1 Å². The van der Waals surface area contributed by atoms with E-state index in [1.807, 2.05) is 0 Å². The molecular weight excluding hydrogens is 232 g/mol. The highest BCUT2D eigenvalue weighted by Crippen LogP contribution is 2.15. The molecule has 1 rings (SSSR count). The van der Waals surface area contributed by atoms with Crippen molar-refractivity contribution in [1.29, 1.82) is 0 Å². The number of hydrogen-bond donors (Lipinski definition) is 1. The lowest BCUT2D eigenvalue weighted by Gasteiger charge is -2.12. The Kier molecular flexibility index (Phi) is 4.14. The van der Waals surface area contributed by atoms with Gasteiger partial charge in [-0.15, -0.1) is 0 Å². The maximum atomic E-state index is 13.2. The van der Waals surface area contributed by atoms with Gasteiger partial charge in [0.1, 0.15) is 11.6 Å². The second-order valence-electron chi connectivity index (χ2n) is 3.37. The Morgan fingerprint density at radius 1 is 1.35 bits per heavy atom. The van der Waals surface area contributed by atoms with Crippen LogP contribution in [0.4, 0.5) is 14.5 Å². The predicted octanol–water partition coefficient (Wildman–Crippen LogP) is 1.85. The van der Waals surface area contributed by atoms with E-state index in [1.165, 1.54) is 6.92 Å². The maximum Gasteiger partial charge on any atom is 0.303 e. The minimum Gasteiger partial charge on any atom is -0.453 e. The number of ether oxygens (including phenoxy) is 1. The molecule has 92 valence electrons. The lowest BCUT2D eigenvalue weighted by molar-refractivity contribution is -0.150. The Bertz CT molecular complexity index is 448. The minimum absolute atomic E-state index is 0.297. The molecule has 0 aliphatic heterocycles. The van der Waals surface area contributed by atoms with Gasteiger partial charge < -0.3 is 10.1 Å². The third-order valence-electron chi connectivity index (χ3n) is 1.90. The molecule has 1 amide bonds. The second kappa shape index (κ2) is 5.38. The first-order chi connectivity index (χ1) is 7.90. The summed E-state index contributed by atoms with van der Waals surface area (Å²) in [6, 6.07) is 2.66. The Hall–Kier alpha value is -1.98. The molecule has 0 heterocycles. The first-order valence-electron chi connectivity index (χ1n) is 4.83. The lowest BCUT2D eigenvalue weighted by atomic mass is 10.2. The van der Waals surface area contributed by atoms with Gasteiger partial charge in [0.2, 0.25) is 0 Å². The van der Waals surface area contributed by atoms with Gasteiger partial charge in [0.05, 0.1) is 5.69 Å². The average molecular weight is 243 g/mol. The SMILES string of the molecule is CC(=O)O[C@H](C)C(=O)Nc1cc(F)ccc1F. The minimum atomic E-state index is -1.07. The number of carbonyl (C=O) groups excluding carboxylic acids is 2. The van der Waals surface area contributed by atoms with Crippen LogP contribution in [0, 0.1) is 11.6 Å². The number of amides is 1. The fourth-order valence-electron chi connectivity index (χ4n) is 1.13. The van der Waals surface area contributed by atoms with Crippen molar-refractivity contribution in [3.05, 3.63) is 29.8 Å². The summed E-state index contributed by atoms with van der Waals surface area (Å²) in [6.07, 6.45) is -1.07. The molecule has 0 saturated heterocycles. The number of benzene rings is 1. The van der Waals surface area contributed by atoms with Gasteiger partial charge in [0.25, 0.3) is 5.91 Å². The number of esters is 1. The van der Waals surface area contributed by atoms with Crippen molar-refractivity contribution >= 4 is 17.6 Å². The van der Waals surface area contributed by atoms with Crippen molar-refractivity contribution in [3.63, 3.8) is 0 Å². The van der Waals surface area contributed by atoms with Crippen LogP contribution >= 0.6 is 0 Å². The molecule has 1 N–H and O–H groups in total. The highest BCUT2D eigenvalue weighted by Gasteiger charge is 2.17. The number of carbonyl (C=O) groups is 2. The summed E-state index contributed by atoms with van der Waals surface area (Å²) in [4.78, 5) is 22.0. The molecule has 0 saturated carbocycles. The molecule has 1 aromatic rings. The van der Waals surface area contributed by atoms with Gasteiger partial charge in [-0.2, -0.15) is 0 Å². The molecule has 1 atom stereocenters. The van der Waals surface area contributed by atoms with Crippen molar-refractivity contribution in [2.24, 2.45) is 0 Å². The molecule has 0 spiro atoms. The molecule has 0 unspecified atom stereocenters. The Labute approximate surface area is 96.6 Å². The number of anilines is 1. The molecule has 0 aliphatic rings. The molecule has 1 aromatic carbocycles. The molecule has 0 radical (unpaired) electrons. The first-order valence-corrected chi connectivity index (χ1v) is 4.83. The van der Waals surface area contributed by atoms with E-state index < -0.39 is 29.6 Å². The van der Waals surface area contributed by atoms with E-state index in [0.717, 1.165) is 25.1 Å². The normalized spacial score (nSPS) is 11.8. The van der Waals surface area contributed by atoms with E-state index in [1.54, 1.807) is 0 Å². The van der Waals surface area contributed by atoms with Gasteiger partial charge in [-0.3, -0.25) is 9.59 Å². The van der Waals surface area contributed by atoms with Gasteiger partial charge in [0, 0.05) is 13.0 Å². The predicted molar refractivity (Wildman–Crippen MR) is 56.2 cm³/mol. The zero-order valence-electron chi connectivity index (χ0n) is 9.29. The largest absolute Gasteiger partial charge is 0.453 e. The van der Waals surface area contributed by atoms with Crippen LogP contribution in [0.2, 0.25) is 0 Å². The Balaban J connectivity index is 2.73. The maximum absolute atomic E-state index is 13.2. The zero-order chi connectivity index (χ0) is 13.0. The van der Waals surface area contributed by atoms with E-state index in [-0.39, 0.29) is 5.69 Å². The summed E-state index contributed by atoms with van der Waals surface area (Å²) in [5, 5.41) is 2.12. The van der Waals surface area contributed by atoms with E-state index in [9.17, 15) is 18.4 Å².